The third-order valence-electron chi connectivity index (χ3n) is 8.68. The lowest BCUT2D eigenvalue weighted by Crippen LogP contribution is -2.53. The van der Waals surface area contributed by atoms with Crippen LogP contribution in [0.25, 0.3) is 0 Å². The summed E-state index contributed by atoms with van der Waals surface area (Å²) < 4.78 is 0. The van der Waals surface area contributed by atoms with Crippen LogP contribution in [-0.2, 0) is 22.6 Å². The molecule has 40 heavy (non-hydrogen) atoms. The van der Waals surface area contributed by atoms with Gasteiger partial charge < -0.3 is 22.1 Å². The van der Waals surface area contributed by atoms with E-state index in [1.54, 1.807) is 24.3 Å². The van der Waals surface area contributed by atoms with Gasteiger partial charge in [-0.1, -0.05) is 74.9 Å². The highest BCUT2D eigenvalue weighted by Gasteiger charge is 2.35. The lowest BCUT2D eigenvalue weighted by molar-refractivity contribution is -0.134. The third kappa shape index (κ3) is 7.93. The van der Waals surface area contributed by atoms with Crippen LogP contribution in [0.2, 0.25) is 0 Å². The van der Waals surface area contributed by atoms with E-state index in [1.165, 1.54) is 6.42 Å². The van der Waals surface area contributed by atoms with Crippen molar-refractivity contribution in [2.75, 3.05) is 0 Å². The summed E-state index contributed by atoms with van der Waals surface area (Å²) in [6.07, 6.45) is 11.2. The van der Waals surface area contributed by atoms with Gasteiger partial charge in [-0.05, 0) is 67.2 Å². The van der Waals surface area contributed by atoms with E-state index >= 15 is 0 Å². The maximum atomic E-state index is 14.0. The maximum Gasteiger partial charge on any atom is 0.248 e. The lowest BCUT2D eigenvalue weighted by atomic mass is 9.76. The van der Waals surface area contributed by atoms with E-state index in [0.717, 1.165) is 68.9 Å². The van der Waals surface area contributed by atoms with Gasteiger partial charge in [0.2, 0.25) is 17.7 Å². The van der Waals surface area contributed by atoms with Crippen molar-refractivity contribution < 1.29 is 14.4 Å². The first kappa shape index (κ1) is 29.3. The van der Waals surface area contributed by atoms with Crippen LogP contribution < -0.4 is 22.1 Å². The Labute approximate surface area is 237 Å². The van der Waals surface area contributed by atoms with E-state index in [4.69, 9.17) is 16.9 Å². The number of amidine groups is 1. The zero-order valence-electron chi connectivity index (χ0n) is 23.3. The van der Waals surface area contributed by atoms with Gasteiger partial charge in [0.15, 0.2) is 0 Å². The normalized spacial score (nSPS) is 17.9. The molecule has 2 atom stereocenters. The highest BCUT2D eigenvalue weighted by molar-refractivity contribution is 5.95. The molecule has 2 aromatic carbocycles. The van der Waals surface area contributed by atoms with Crippen molar-refractivity contribution in [2.45, 2.75) is 83.2 Å². The molecule has 214 valence electrons. The van der Waals surface area contributed by atoms with Gasteiger partial charge in [0.05, 0.1) is 0 Å². The summed E-state index contributed by atoms with van der Waals surface area (Å²) >= 11 is 0. The maximum absolute atomic E-state index is 14.0. The molecule has 2 fully saturated rings. The fourth-order valence-electron chi connectivity index (χ4n) is 6.30. The summed E-state index contributed by atoms with van der Waals surface area (Å²) in [6, 6.07) is 13.9. The van der Waals surface area contributed by atoms with Crippen LogP contribution in [0.4, 0.5) is 0 Å². The molecule has 7 N–H and O–H groups in total. The van der Waals surface area contributed by atoms with Gasteiger partial charge in [0.1, 0.15) is 11.9 Å². The quantitative estimate of drug-likeness (QED) is 0.212. The van der Waals surface area contributed by atoms with Crippen molar-refractivity contribution in [1.82, 2.24) is 10.6 Å². The molecule has 1 unspecified atom stereocenters. The van der Waals surface area contributed by atoms with E-state index in [9.17, 15) is 14.4 Å². The van der Waals surface area contributed by atoms with Crippen molar-refractivity contribution in [2.24, 2.45) is 29.2 Å². The second-order valence-corrected chi connectivity index (χ2v) is 11.5. The lowest BCUT2D eigenvalue weighted by Gasteiger charge is -2.34. The van der Waals surface area contributed by atoms with Crippen molar-refractivity contribution in [3.05, 3.63) is 70.8 Å². The molecule has 0 saturated heterocycles. The number of hydrogen-bond acceptors (Lipinski definition) is 4. The first-order valence-corrected chi connectivity index (χ1v) is 14.7. The molecule has 3 amide bonds. The monoisotopic (exact) mass is 545 g/mol. The first-order valence-electron chi connectivity index (χ1n) is 14.7. The van der Waals surface area contributed by atoms with E-state index < -0.39 is 11.9 Å². The first-order chi connectivity index (χ1) is 19.3. The fourth-order valence-corrected chi connectivity index (χ4v) is 6.30. The van der Waals surface area contributed by atoms with Gasteiger partial charge in [-0.25, -0.2) is 0 Å². The number of benzene rings is 2. The molecule has 2 aliphatic rings. The standard InChI is InChI=1S/C32H43N5O3/c33-29(34)25-15-11-21(12-16-25)19-27(23-7-3-1-4-8-23)31(39)37-28(24-9-5-2-6-10-24)32(40)36-20-22-13-17-26(18-14-22)30(35)38/h11-18,23-24,27-28H,1-10,19-20H2,(H3,33,34)(H2,35,38)(H,36,40)(H,37,39)/t27-,28?/m0/s1. The van der Waals surface area contributed by atoms with Gasteiger partial charge >= 0.3 is 0 Å². The molecule has 2 aliphatic carbocycles. The number of primary amides is 1. The Morgan fingerprint density at radius 2 is 1.25 bits per heavy atom. The van der Waals surface area contributed by atoms with Crippen LogP contribution in [0, 0.1) is 23.2 Å². The molecule has 0 radical (unpaired) electrons. The van der Waals surface area contributed by atoms with Crippen molar-refractivity contribution in [3.8, 4) is 0 Å². The minimum atomic E-state index is -0.580. The molecule has 0 heterocycles. The number of rotatable bonds is 11. The topological polar surface area (TPSA) is 151 Å². The van der Waals surface area contributed by atoms with Gasteiger partial charge in [-0.2, -0.15) is 0 Å². The number of hydrogen-bond donors (Lipinski definition) is 5. The van der Waals surface area contributed by atoms with Crippen LogP contribution in [0.1, 0.15) is 91.3 Å². The fraction of sp³-hybridized carbons (Fsp3) is 0.500. The number of nitrogens with one attached hydrogen (secondary N) is 3. The molecular weight excluding hydrogens is 502 g/mol. The molecule has 8 heteroatoms. The predicted octanol–water partition coefficient (Wildman–Crippen LogP) is 4.19. The second-order valence-electron chi connectivity index (χ2n) is 11.5. The number of carbonyl (C=O) groups is 3. The van der Waals surface area contributed by atoms with Gasteiger partial charge in [0, 0.05) is 23.6 Å². The molecule has 2 aromatic rings. The van der Waals surface area contributed by atoms with Gasteiger partial charge in [0.25, 0.3) is 0 Å². The smallest absolute Gasteiger partial charge is 0.248 e. The average molecular weight is 546 g/mol. The number of nitrogen functional groups attached to an aromatic ring is 1. The highest BCUT2D eigenvalue weighted by atomic mass is 16.2. The Balaban J connectivity index is 1.49. The Morgan fingerprint density at radius 3 is 1.80 bits per heavy atom. The minimum Gasteiger partial charge on any atom is -0.384 e. The average Bonchev–Trinajstić information content (AvgIpc) is 2.98. The highest BCUT2D eigenvalue weighted by Crippen LogP contribution is 2.33. The summed E-state index contributed by atoms with van der Waals surface area (Å²) in [5.41, 5.74) is 14.0. The van der Waals surface area contributed by atoms with Crippen LogP contribution in [0.5, 0.6) is 0 Å². The summed E-state index contributed by atoms with van der Waals surface area (Å²) in [4.78, 5) is 38.9. The van der Waals surface area contributed by atoms with Crippen LogP contribution in [0.3, 0.4) is 0 Å². The predicted molar refractivity (Wildman–Crippen MR) is 157 cm³/mol. The third-order valence-corrected chi connectivity index (χ3v) is 8.68. The SMILES string of the molecule is N=C(N)c1ccc(C[C@H](C(=O)NC(C(=O)NCc2ccc(C(N)=O)cc2)C2CCCCC2)C2CCCCC2)cc1. The van der Waals surface area contributed by atoms with Crippen LogP contribution in [0.15, 0.2) is 48.5 Å². The number of carbonyl (C=O) groups excluding carboxylic acids is 3. The largest absolute Gasteiger partial charge is 0.384 e. The van der Waals surface area contributed by atoms with E-state index in [1.807, 2.05) is 24.3 Å². The second kappa shape index (κ2) is 14.1. The van der Waals surface area contributed by atoms with Crippen molar-refractivity contribution in [3.63, 3.8) is 0 Å². The molecule has 8 nitrogen and oxygen atoms in total. The summed E-state index contributed by atoms with van der Waals surface area (Å²) in [6.45, 7) is 0.311. The molecule has 0 spiro atoms. The summed E-state index contributed by atoms with van der Waals surface area (Å²) in [5.74, 6) is -0.497. The zero-order valence-corrected chi connectivity index (χ0v) is 23.3. The Bertz CT molecular complexity index is 1170. The van der Waals surface area contributed by atoms with Crippen LogP contribution in [-0.4, -0.2) is 29.6 Å². The molecule has 0 bridgehead atoms. The van der Waals surface area contributed by atoms with Crippen LogP contribution >= 0.6 is 0 Å². The van der Waals surface area contributed by atoms with Crippen molar-refractivity contribution >= 4 is 23.6 Å². The van der Waals surface area contributed by atoms with E-state index in [-0.39, 0.29) is 35.4 Å². The Kier molecular flexibility index (Phi) is 10.3. The molecule has 0 aromatic heterocycles. The Morgan fingerprint density at radius 1 is 0.725 bits per heavy atom. The van der Waals surface area contributed by atoms with Gasteiger partial charge in [-0.15, -0.1) is 0 Å². The zero-order chi connectivity index (χ0) is 28.5. The minimum absolute atomic E-state index is 0.0262. The van der Waals surface area contributed by atoms with Gasteiger partial charge in [-0.3, -0.25) is 19.8 Å². The molecule has 2 saturated carbocycles. The van der Waals surface area contributed by atoms with Crippen molar-refractivity contribution in [1.29, 1.82) is 5.41 Å². The molecular formula is C32H43N5O3. The molecule has 0 aliphatic heterocycles. The molecule has 4 rings (SSSR count). The Hall–Kier alpha value is -3.68. The number of nitrogens with two attached hydrogens (primary N) is 2. The number of amides is 3. The van der Waals surface area contributed by atoms with E-state index in [2.05, 4.69) is 10.6 Å². The summed E-state index contributed by atoms with van der Waals surface area (Å²) in [7, 11) is 0. The van der Waals surface area contributed by atoms with E-state index in [0.29, 0.717) is 24.1 Å². The summed E-state index contributed by atoms with van der Waals surface area (Å²) in [5, 5.41) is 13.9.